The monoisotopic (exact) mass is 373 g/mol. The third kappa shape index (κ3) is 5.41. The number of amides is 1. The van der Waals surface area contributed by atoms with Gasteiger partial charge in [0.2, 0.25) is 15.9 Å². The Balaban J connectivity index is 1.81. The van der Waals surface area contributed by atoms with Gasteiger partial charge in [0.05, 0.1) is 5.75 Å². The van der Waals surface area contributed by atoms with Crippen molar-refractivity contribution in [3.63, 3.8) is 0 Å². The number of rotatable bonds is 6. The van der Waals surface area contributed by atoms with E-state index in [4.69, 9.17) is 0 Å². The number of hydrogen-bond acceptors (Lipinski definition) is 4. The Hall–Kier alpha value is -0.660. The lowest BCUT2D eigenvalue weighted by molar-refractivity contribution is -0.126. The van der Waals surface area contributed by atoms with Crippen LogP contribution in [0.3, 0.4) is 0 Å². The second-order valence-electron chi connectivity index (χ2n) is 8.30. The molecule has 0 radical (unpaired) electrons. The molecule has 0 aromatic rings. The van der Waals surface area contributed by atoms with Crippen molar-refractivity contribution < 1.29 is 13.2 Å². The number of piperidine rings is 2. The highest BCUT2D eigenvalue weighted by atomic mass is 32.2. The van der Waals surface area contributed by atoms with Crippen LogP contribution in [0, 0.1) is 11.8 Å². The summed E-state index contributed by atoms with van der Waals surface area (Å²) in [5, 5.41) is 3.12. The quantitative estimate of drug-likeness (QED) is 0.769. The lowest BCUT2D eigenvalue weighted by atomic mass is 9.93. The van der Waals surface area contributed by atoms with Crippen molar-refractivity contribution in [2.24, 2.45) is 11.8 Å². The number of carbonyl (C=O) groups is 1. The molecule has 1 amide bonds. The number of likely N-dealkylation sites (tertiary alicyclic amines) is 1. The van der Waals surface area contributed by atoms with Crippen molar-refractivity contribution in [2.75, 3.05) is 38.5 Å². The van der Waals surface area contributed by atoms with Gasteiger partial charge in [-0.3, -0.25) is 9.69 Å². The number of carbonyl (C=O) groups excluding carboxylic acids is 1. The van der Waals surface area contributed by atoms with Gasteiger partial charge in [-0.05, 0) is 58.9 Å². The highest BCUT2D eigenvalue weighted by Gasteiger charge is 2.33. The number of nitrogens with zero attached hydrogens (tertiary/aromatic N) is 2. The molecule has 2 aliphatic heterocycles. The van der Waals surface area contributed by atoms with Crippen molar-refractivity contribution >= 4 is 15.9 Å². The standard InChI is InChI=1S/C18H35N3O3S/c1-5-25(23,24)21-11-8-16(9-12-21)17(22)19-14-18(3,4)20-10-6-7-15(2)13-20/h15-16H,5-14H2,1-4H3,(H,19,22)/t15-/m0/s1. The molecule has 6 nitrogen and oxygen atoms in total. The van der Waals surface area contributed by atoms with E-state index in [0.717, 1.165) is 13.1 Å². The Bertz CT molecular complexity index is 554. The topological polar surface area (TPSA) is 69.7 Å². The summed E-state index contributed by atoms with van der Waals surface area (Å²) in [6, 6.07) is 0. The normalized spacial score (nSPS) is 25.0. The molecule has 7 heteroatoms. The summed E-state index contributed by atoms with van der Waals surface area (Å²) in [5.41, 5.74) is -0.0450. The first-order valence-electron chi connectivity index (χ1n) is 9.66. The highest BCUT2D eigenvalue weighted by molar-refractivity contribution is 7.89. The van der Waals surface area contributed by atoms with Gasteiger partial charge in [0.1, 0.15) is 0 Å². The minimum absolute atomic E-state index is 0.0450. The van der Waals surface area contributed by atoms with Crippen LogP contribution in [0.15, 0.2) is 0 Å². The summed E-state index contributed by atoms with van der Waals surface area (Å²) in [7, 11) is -3.13. The Morgan fingerprint density at radius 3 is 2.36 bits per heavy atom. The predicted octanol–water partition coefficient (Wildman–Crippen LogP) is 1.67. The molecule has 0 aliphatic carbocycles. The summed E-state index contributed by atoms with van der Waals surface area (Å²) in [5.74, 6) is 0.853. The Kier molecular flexibility index (Phi) is 6.90. The molecule has 1 atom stereocenters. The fraction of sp³-hybridized carbons (Fsp3) is 0.944. The fourth-order valence-corrected chi connectivity index (χ4v) is 5.01. The van der Waals surface area contributed by atoms with Crippen LogP contribution in [0.2, 0.25) is 0 Å². The van der Waals surface area contributed by atoms with Crippen LogP contribution < -0.4 is 5.32 Å². The first-order valence-corrected chi connectivity index (χ1v) is 11.3. The van der Waals surface area contributed by atoms with Gasteiger partial charge in [0, 0.05) is 37.6 Å². The average molecular weight is 374 g/mol. The molecule has 0 saturated carbocycles. The van der Waals surface area contributed by atoms with Gasteiger partial charge >= 0.3 is 0 Å². The zero-order valence-corrected chi connectivity index (χ0v) is 17.1. The van der Waals surface area contributed by atoms with E-state index >= 15 is 0 Å². The van der Waals surface area contributed by atoms with Crippen LogP contribution in [0.25, 0.3) is 0 Å². The van der Waals surface area contributed by atoms with E-state index in [1.54, 1.807) is 6.92 Å². The fourth-order valence-electron chi connectivity index (χ4n) is 3.88. The lowest BCUT2D eigenvalue weighted by Crippen LogP contribution is -2.55. The molecule has 0 aromatic carbocycles. The van der Waals surface area contributed by atoms with Crippen molar-refractivity contribution in [3.8, 4) is 0 Å². The van der Waals surface area contributed by atoms with Crippen LogP contribution in [0.4, 0.5) is 0 Å². The van der Waals surface area contributed by atoms with Gasteiger partial charge < -0.3 is 5.32 Å². The maximum atomic E-state index is 12.5. The first kappa shape index (κ1) is 20.6. The Morgan fingerprint density at radius 1 is 1.16 bits per heavy atom. The van der Waals surface area contributed by atoms with Crippen molar-refractivity contribution in [1.29, 1.82) is 0 Å². The van der Waals surface area contributed by atoms with E-state index < -0.39 is 10.0 Å². The molecule has 25 heavy (non-hydrogen) atoms. The van der Waals surface area contributed by atoms with Gasteiger partial charge in [-0.25, -0.2) is 12.7 Å². The third-order valence-electron chi connectivity index (χ3n) is 5.79. The van der Waals surface area contributed by atoms with Gasteiger partial charge in [0.25, 0.3) is 0 Å². The SMILES string of the molecule is CCS(=O)(=O)N1CCC(C(=O)NCC(C)(C)N2CCC[C@H](C)C2)CC1. The number of sulfonamides is 1. The minimum Gasteiger partial charge on any atom is -0.354 e. The molecule has 0 aromatic heterocycles. The summed E-state index contributed by atoms with van der Waals surface area (Å²) < 4.78 is 25.3. The van der Waals surface area contributed by atoms with E-state index in [0.29, 0.717) is 38.4 Å². The van der Waals surface area contributed by atoms with E-state index in [1.807, 2.05) is 0 Å². The van der Waals surface area contributed by atoms with Crippen LogP contribution in [0.5, 0.6) is 0 Å². The van der Waals surface area contributed by atoms with E-state index in [2.05, 4.69) is 31.0 Å². The lowest BCUT2D eigenvalue weighted by Gasteiger charge is -2.43. The molecule has 0 spiro atoms. The maximum Gasteiger partial charge on any atom is 0.223 e. The van der Waals surface area contributed by atoms with Crippen molar-refractivity contribution in [3.05, 3.63) is 0 Å². The highest BCUT2D eigenvalue weighted by Crippen LogP contribution is 2.24. The first-order chi connectivity index (χ1) is 11.7. The van der Waals surface area contributed by atoms with Gasteiger partial charge in [-0.2, -0.15) is 0 Å². The third-order valence-corrected chi connectivity index (χ3v) is 7.67. The Morgan fingerprint density at radius 2 is 1.80 bits per heavy atom. The minimum atomic E-state index is -3.13. The number of nitrogens with one attached hydrogen (secondary N) is 1. The molecular weight excluding hydrogens is 338 g/mol. The molecule has 2 heterocycles. The molecule has 2 aliphatic rings. The van der Waals surface area contributed by atoms with Crippen molar-refractivity contribution in [2.45, 2.75) is 58.9 Å². The van der Waals surface area contributed by atoms with Crippen molar-refractivity contribution in [1.82, 2.24) is 14.5 Å². The summed E-state index contributed by atoms with van der Waals surface area (Å²) >= 11 is 0. The van der Waals surface area contributed by atoms with Gasteiger partial charge in [-0.15, -0.1) is 0 Å². The van der Waals surface area contributed by atoms with Crippen LogP contribution in [-0.4, -0.2) is 67.5 Å². The summed E-state index contributed by atoms with van der Waals surface area (Å²) in [4.78, 5) is 15.0. The van der Waals surface area contributed by atoms with Gasteiger partial charge in [-0.1, -0.05) is 6.92 Å². The molecule has 2 fully saturated rings. The summed E-state index contributed by atoms with van der Waals surface area (Å²) in [6.45, 7) is 12.1. The molecule has 2 saturated heterocycles. The van der Waals surface area contributed by atoms with Crippen LogP contribution in [-0.2, 0) is 14.8 Å². The second-order valence-corrected chi connectivity index (χ2v) is 10.6. The second kappa shape index (κ2) is 8.35. The molecular formula is C18H35N3O3S. The maximum absolute atomic E-state index is 12.5. The van der Waals surface area contributed by atoms with Gasteiger partial charge in [0.15, 0.2) is 0 Å². The largest absolute Gasteiger partial charge is 0.354 e. The van der Waals surface area contributed by atoms with E-state index in [-0.39, 0.29) is 23.1 Å². The van der Waals surface area contributed by atoms with E-state index in [9.17, 15) is 13.2 Å². The van der Waals surface area contributed by atoms with Crippen LogP contribution in [0.1, 0.15) is 53.4 Å². The Labute approximate surface area is 153 Å². The summed E-state index contributed by atoms with van der Waals surface area (Å²) in [6.07, 6.45) is 3.75. The molecule has 0 bridgehead atoms. The zero-order valence-electron chi connectivity index (χ0n) is 16.3. The molecule has 2 rings (SSSR count). The number of hydrogen-bond donors (Lipinski definition) is 1. The smallest absolute Gasteiger partial charge is 0.223 e. The predicted molar refractivity (Wildman–Crippen MR) is 101 cm³/mol. The molecule has 1 N–H and O–H groups in total. The van der Waals surface area contributed by atoms with E-state index in [1.165, 1.54) is 17.1 Å². The molecule has 0 unspecified atom stereocenters. The zero-order chi connectivity index (χ0) is 18.7. The molecule has 146 valence electrons. The van der Waals surface area contributed by atoms with Crippen LogP contribution >= 0.6 is 0 Å². The average Bonchev–Trinajstić information content (AvgIpc) is 2.60.